The van der Waals surface area contributed by atoms with Crippen LogP contribution in [0.2, 0.25) is 0 Å². The molecule has 0 spiro atoms. The Balaban J connectivity index is 1.91. The lowest BCUT2D eigenvalue weighted by Crippen LogP contribution is -2.35. The third-order valence-electron chi connectivity index (χ3n) is 4.59. The number of carbonyl (C=O) groups is 2. The minimum Gasteiger partial charge on any atom is -0.609 e. The van der Waals surface area contributed by atoms with E-state index in [9.17, 15) is 27.3 Å². The van der Waals surface area contributed by atoms with E-state index in [4.69, 9.17) is 9.57 Å². The number of ether oxygens (including phenoxy) is 2. The molecular weight excluding hydrogens is 493 g/mol. The minimum absolute atomic E-state index is 0.0300. The van der Waals surface area contributed by atoms with E-state index in [1.165, 1.54) is 26.2 Å². The molecule has 0 aliphatic rings. The Morgan fingerprint density at radius 2 is 1.94 bits per heavy atom. The largest absolute Gasteiger partial charge is 0.609 e. The number of benzene rings is 1. The number of hydrogen-bond donors (Lipinski definition) is 0. The number of hydrogen-bond acceptors (Lipinski definition) is 8. The van der Waals surface area contributed by atoms with E-state index in [0.29, 0.717) is 16.1 Å². The third-order valence-corrected chi connectivity index (χ3v) is 5.80. The average Bonchev–Trinajstić information content (AvgIpc) is 3.18. The van der Waals surface area contributed by atoms with Gasteiger partial charge in [-0.05, 0) is 32.0 Å². The average molecular weight is 514 g/mol. The highest BCUT2D eigenvalue weighted by Gasteiger charge is 2.31. The highest BCUT2D eigenvalue weighted by atomic mass is 32.2. The summed E-state index contributed by atoms with van der Waals surface area (Å²) < 4.78 is 61.4. The number of aromatic nitrogens is 3. The van der Waals surface area contributed by atoms with E-state index in [0.717, 1.165) is 4.57 Å². The zero-order chi connectivity index (χ0) is 25.8. The van der Waals surface area contributed by atoms with Gasteiger partial charge in [0, 0.05) is 22.9 Å². The molecule has 3 aromatic rings. The zero-order valence-corrected chi connectivity index (χ0v) is 19.7. The van der Waals surface area contributed by atoms with Gasteiger partial charge in [0.25, 0.3) is 0 Å². The number of carbonyl (C=O) groups excluding carboxylic acids is 2. The van der Waals surface area contributed by atoms with Crippen LogP contribution in [0.1, 0.15) is 18.2 Å². The van der Waals surface area contributed by atoms with Crippen molar-refractivity contribution in [2.45, 2.75) is 30.9 Å². The maximum Gasteiger partial charge on any atom is 0.533 e. The molecule has 0 saturated heterocycles. The second-order valence-corrected chi connectivity index (χ2v) is 8.39. The molecule has 0 aliphatic heterocycles. The van der Waals surface area contributed by atoms with Gasteiger partial charge in [-0.2, -0.15) is 23.2 Å². The summed E-state index contributed by atoms with van der Waals surface area (Å²) in [7, 11) is 1.17. The van der Waals surface area contributed by atoms with Crippen molar-refractivity contribution in [1.82, 2.24) is 19.6 Å². The van der Waals surface area contributed by atoms with Gasteiger partial charge in [-0.25, -0.2) is 14.2 Å². The number of nitrogens with zero attached hydrogens (tertiary/aromatic N) is 4. The van der Waals surface area contributed by atoms with Gasteiger partial charge in [0.05, 0.1) is 30.4 Å². The second-order valence-electron chi connectivity index (χ2n) is 7.05. The summed E-state index contributed by atoms with van der Waals surface area (Å²) in [5.74, 6) is -0.329. The molecule has 10 nitrogen and oxygen atoms in total. The van der Waals surface area contributed by atoms with Crippen molar-refractivity contribution in [2.24, 2.45) is 0 Å². The van der Waals surface area contributed by atoms with Crippen LogP contribution in [-0.2, 0) is 26.5 Å². The number of halogens is 3. The summed E-state index contributed by atoms with van der Waals surface area (Å²) in [5, 5.41) is 0.445. The monoisotopic (exact) mass is 514 g/mol. The van der Waals surface area contributed by atoms with Crippen molar-refractivity contribution in [1.29, 1.82) is 0 Å². The van der Waals surface area contributed by atoms with Crippen molar-refractivity contribution >= 4 is 34.4 Å². The predicted molar refractivity (Wildman–Crippen MR) is 117 cm³/mol. The number of fused-ring (bicyclic) bond motifs is 1. The molecule has 1 aromatic carbocycles. The lowest BCUT2D eigenvalue weighted by atomic mass is 10.2. The fraction of sp³-hybridized carbons (Fsp3) is 0.333. The van der Waals surface area contributed by atoms with Gasteiger partial charge in [0.1, 0.15) is 5.75 Å². The van der Waals surface area contributed by atoms with Gasteiger partial charge in [-0.15, -0.1) is 0 Å². The van der Waals surface area contributed by atoms with Gasteiger partial charge >= 0.3 is 23.5 Å². The summed E-state index contributed by atoms with van der Waals surface area (Å²) >= 11 is -1.98. The SMILES string of the molecule is CCOC(=O)ON(C)C(=O)n1c([S+]([O-])Cc2nccc(OCC(F)(F)F)c2C)nc2ccccc21. The maximum atomic E-state index is 13.3. The number of para-hydroxylation sites is 2. The van der Waals surface area contributed by atoms with Gasteiger partial charge in [0.15, 0.2) is 12.4 Å². The Bertz CT molecular complexity index is 1220. The standard InChI is InChI=1S/C21H21F3N4O6S/c1-4-32-20(30)34-27(3)19(29)28-16-8-6-5-7-14(16)26-18(28)35(31)11-15-13(2)17(9-10-25-15)33-12-21(22,23)24/h5-10H,4,11-12H2,1-3H3. The lowest BCUT2D eigenvalue weighted by molar-refractivity contribution is -0.153. The molecule has 0 fully saturated rings. The molecule has 0 bridgehead atoms. The number of pyridine rings is 1. The normalized spacial score (nSPS) is 12.3. The first-order valence-corrected chi connectivity index (χ1v) is 11.5. The number of amides is 1. The molecule has 2 heterocycles. The minimum atomic E-state index is -4.53. The molecule has 0 radical (unpaired) electrons. The van der Waals surface area contributed by atoms with Crippen LogP contribution in [0.15, 0.2) is 41.7 Å². The van der Waals surface area contributed by atoms with Crippen molar-refractivity contribution < 1.29 is 41.6 Å². The third kappa shape index (κ3) is 6.33. The van der Waals surface area contributed by atoms with E-state index in [1.54, 1.807) is 31.2 Å². The van der Waals surface area contributed by atoms with Crippen molar-refractivity contribution in [3.8, 4) is 5.75 Å². The summed E-state index contributed by atoms with van der Waals surface area (Å²) in [5.41, 5.74) is 1.11. The predicted octanol–water partition coefficient (Wildman–Crippen LogP) is 3.98. The summed E-state index contributed by atoms with van der Waals surface area (Å²) in [6.45, 7) is 1.59. The molecule has 0 aliphatic carbocycles. The van der Waals surface area contributed by atoms with Crippen LogP contribution >= 0.6 is 0 Å². The molecule has 3 rings (SSSR count). The zero-order valence-electron chi connectivity index (χ0n) is 18.9. The number of rotatable bonds is 6. The van der Waals surface area contributed by atoms with Crippen molar-refractivity contribution in [2.75, 3.05) is 20.3 Å². The Kier molecular flexibility index (Phi) is 8.07. The Labute approximate surface area is 200 Å². The van der Waals surface area contributed by atoms with Crippen LogP contribution in [0.4, 0.5) is 22.8 Å². The van der Waals surface area contributed by atoms with Crippen LogP contribution in [0.5, 0.6) is 5.75 Å². The molecule has 1 atom stereocenters. The highest BCUT2D eigenvalue weighted by Crippen LogP contribution is 2.27. The molecule has 1 amide bonds. The maximum absolute atomic E-state index is 13.3. The number of hydroxylamine groups is 2. The molecule has 188 valence electrons. The van der Waals surface area contributed by atoms with E-state index >= 15 is 0 Å². The molecule has 14 heteroatoms. The lowest BCUT2D eigenvalue weighted by Gasteiger charge is -2.18. The Morgan fingerprint density at radius 1 is 1.23 bits per heavy atom. The van der Waals surface area contributed by atoms with E-state index in [2.05, 4.69) is 14.7 Å². The Morgan fingerprint density at radius 3 is 2.63 bits per heavy atom. The van der Waals surface area contributed by atoms with E-state index in [-0.39, 0.29) is 34.5 Å². The van der Waals surface area contributed by atoms with E-state index < -0.39 is 36.1 Å². The van der Waals surface area contributed by atoms with Crippen LogP contribution in [0.25, 0.3) is 11.0 Å². The Hall–Kier alpha value is -3.52. The molecule has 35 heavy (non-hydrogen) atoms. The first-order chi connectivity index (χ1) is 16.5. The second kappa shape index (κ2) is 10.8. The van der Waals surface area contributed by atoms with Crippen molar-refractivity contribution in [3.05, 3.63) is 47.8 Å². The number of alkyl halides is 3. The van der Waals surface area contributed by atoms with Crippen LogP contribution in [0.3, 0.4) is 0 Å². The summed E-state index contributed by atoms with van der Waals surface area (Å²) in [6, 6.07) is 6.87. The van der Waals surface area contributed by atoms with E-state index in [1.807, 2.05) is 0 Å². The van der Waals surface area contributed by atoms with Crippen LogP contribution < -0.4 is 4.74 Å². The summed E-state index contributed by atoms with van der Waals surface area (Å²) in [6.07, 6.45) is -4.40. The molecule has 1 unspecified atom stereocenters. The van der Waals surface area contributed by atoms with Crippen LogP contribution in [-0.4, -0.2) is 62.8 Å². The topological polar surface area (TPSA) is 119 Å². The molecule has 0 N–H and O–H groups in total. The van der Waals surface area contributed by atoms with Crippen molar-refractivity contribution in [3.63, 3.8) is 0 Å². The van der Waals surface area contributed by atoms with Gasteiger partial charge in [-0.1, -0.05) is 12.1 Å². The quantitative estimate of drug-likeness (QED) is 0.275. The first kappa shape index (κ1) is 26.1. The number of imidazole rings is 1. The molecule has 0 saturated carbocycles. The molecular formula is C21H21F3N4O6S. The van der Waals surface area contributed by atoms with Gasteiger partial charge < -0.3 is 18.9 Å². The van der Waals surface area contributed by atoms with Crippen LogP contribution in [0, 0.1) is 6.92 Å². The highest BCUT2D eigenvalue weighted by molar-refractivity contribution is 7.90. The summed E-state index contributed by atoms with van der Waals surface area (Å²) in [4.78, 5) is 37.9. The fourth-order valence-corrected chi connectivity index (χ4v) is 4.24. The smallest absolute Gasteiger partial charge is 0.533 e. The van der Waals surface area contributed by atoms with Gasteiger partial charge in [0.2, 0.25) is 0 Å². The fourth-order valence-electron chi connectivity index (χ4n) is 2.99. The first-order valence-electron chi connectivity index (χ1n) is 10.1. The van der Waals surface area contributed by atoms with Gasteiger partial charge in [-0.3, -0.25) is 4.98 Å². The molecule has 2 aromatic heterocycles.